The van der Waals surface area contributed by atoms with Crippen LogP contribution in [0.4, 0.5) is 5.69 Å². The molecule has 0 aromatic heterocycles. The zero-order valence-corrected chi connectivity index (χ0v) is 16.0. The van der Waals surface area contributed by atoms with Gasteiger partial charge in [0, 0.05) is 31.5 Å². The van der Waals surface area contributed by atoms with E-state index < -0.39 is 10.0 Å². The standard InChI is InChI=1S/C17H26N2O6S/c1-14-13-19(6-7-25-14)17(20)15-4-3-5-16(12-15)18-26(21,22)11-10-24-9-8-23-2/h3-5,12,14,18H,6-11,13H2,1-2H3. The number of hydrogen-bond donors (Lipinski definition) is 1. The lowest BCUT2D eigenvalue weighted by Gasteiger charge is -2.31. The Kier molecular flexibility index (Phi) is 7.83. The van der Waals surface area contributed by atoms with Crippen LogP contribution in [0, 0.1) is 0 Å². The predicted molar refractivity (Wildman–Crippen MR) is 97.9 cm³/mol. The monoisotopic (exact) mass is 386 g/mol. The molecule has 1 aliphatic heterocycles. The number of carbonyl (C=O) groups excluding carboxylic acids is 1. The van der Waals surface area contributed by atoms with Crippen molar-refractivity contribution in [2.75, 3.05) is 57.1 Å². The van der Waals surface area contributed by atoms with Crippen molar-refractivity contribution >= 4 is 21.6 Å². The lowest BCUT2D eigenvalue weighted by atomic mass is 10.1. The Hall–Kier alpha value is -1.68. The first kappa shape index (κ1) is 20.6. The lowest BCUT2D eigenvalue weighted by Crippen LogP contribution is -2.44. The summed E-state index contributed by atoms with van der Waals surface area (Å²) < 4.78 is 42.2. The van der Waals surface area contributed by atoms with Crippen molar-refractivity contribution in [3.63, 3.8) is 0 Å². The van der Waals surface area contributed by atoms with Gasteiger partial charge in [0.15, 0.2) is 0 Å². The minimum Gasteiger partial charge on any atom is -0.382 e. The maximum Gasteiger partial charge on any atom is 0.254 e. The molecule has 1 unspecified atom stereocenters. The molecule has 1 aliphatic rings. The number of carbonyl (C=O) groups is 1. The molecule has 1 saturated heterocycles. The maximum atomic E-state index is 12.6. The molecule has 0 saturated carbocycles. The number of amides is 1. The van der Waals surface area contributed by atoms with E-state index in [0.29, 0.717) is 44.2 Å². The highest BCUT2D eigenvalue weighted by Crippen LogP contribution is 2.16. The van der Waals surface area contributed by atoms with Crippen molar-refractivity contribution in [1.82, 2.24) is 4.90 Å². The van der Waals surface area contributed by atoms with Gasteiger partial charge in [0.25, 0.3) is 5.91 Å². The molecule has 146 valence electrons. The van der Waals surface area contributed by atoms with Crippen molar-refractivity contribution in [2.45, 2.75) is 13.0 Å². The minimum atomic E-state index is -3.56. The number of morpholine rings is 1. The van der Waals surface area contributed by atoms with Crippen LogP contribution >= 0.6 is 0 Å². The summed E-state index contributed by atoms with van der Waals surface area (Å²) in [4.78, 5) is 14.3. The normalized spacial score (nSPS) is 17.9. The molecular formula is C17H26N2O6S. The summed E-state index contributed by atoms with van der Waals surface area (Å²) in [6.45, 7) is 4.29. The molecule has 0 spiro atoms. The van der Waals surface area contributed by atoms with Gasteiger partial charge in [-0.05, 0) is 25.1 Å². The highest BCUT2D eigenvalue weighted by molar-refractivity contribution is 7.92. The average molecular weight is 386 g/mol. The summed E-state index contributed by atoms with van der Waals surface area (Å²) in [7, 11) is -2.01. The molecule has 1 heterocycles. The van der Waals surface area contributed by atoms with Gasteiger partial charge < -0.3 is 19.1 Å². The molecule has 1 atom stereocenters. The third-order valence-corrected chi connectivity index (χ3v) is 5.09. The highest BCUT2D eigenvalue weighted by Gasteiger charge is 2.22. The van der Waals surface area contributed by atoms with Gasteiger partial charge in [-0.15, -0.1) is 0 Å². The van der Waals surface area contributed by atoms with Crippen LogP contribution < -0.4 is 4.72 Å². The van der Waals surface area contributed by atoms with Crippen LogP contribution in [0.3, 0.4) is 0 Å². The summed E-state index contributed by atoms with van der Waals surface area (Å²) in [6, 6.07) is 6.49. The third-order valence-electron chi connectivity index (χ3n) is 3.84. The van der Waals surface area contributed by atoms with Crippen molar-refractivity contribution in [3.8, 4) is 0 Å². The minimum absolute atomic E-state index is 0.00695. The first-order chi connectivity index (χ1) is 12.4. The number of rotatable bonds is 9. The van der Waals surface area contributed by atoms with Crippen LogP contribution in [0.1, 0.15) is 17.3 Å². The fraction of sp³-hybridized carbons (Fsp3) is 0.588. The Bertz CT molecular complexity index is 694. The molecule has 2 rings (SSSR count). The molecule has 1 aromatic rings. The lowest BCUT2D eigenvalue weighted by molar-refractivity contribution is -0.0124. The van der Waals surface area contributed by atoms with Gasteiger partial charge in [-0.25, -0.2) is 8.42 Å². The smallest absolute Gasteiger partial charge is 0.254 e. The van der Waals surface area contributed by atoms with Crippen LogP contribution in [0.25, 0.3) is 0 Å². The van der Waals surface area contributed by atoms with E-state index in [1.807, 2.05) is 6.92 Å². The van der Waals surface area contributed by atoms with Gasteiger partial charge >= 0.3 is 0 Å². The fourth-order valence-corrected chi connectivity index (χ4v) is 3.47. The first-order valence-corrected chi connectivity index (χ1v) is 10.1. The fourth-order valence-electron chi connectivity index (χ4n) is 2.54. The van der Waals surface area contributed by atoms with Crippen molar-refractivity contribution < 1.29 is 27.4 Å². The van der Waals surface area contributed by atoms with Gasteiger partial charge in [0.2, 0.25) is 10.0 Å². The number of methoxy groups -OCH3 is 1. The predicted octanol–water partition coefficient (Wildman–Crippen LogP) is 0.952. The zero-order valence-electron chi connectivity index (χ0n) is 15.1. The van der Waals surface area contributed by atoms with Gasteiger partial charge in [0.1, 0.15) is 0 Å². The number of anilines is 1. The van der Waals surface area contributed by atoms with E-state index in [0.717, 1.165) is 0 Å². The molecule has 8 nitrogen and oxygen atoms in total. The van der Waals surface area contributed by atoms with Gasteiger partial charge in [-0.3, -0.25) is 9.52 Å². The van der Waals surface area contributed by atoms with E-state index in [2.05, 4.69) is 4.72 Å². The van der Waals surface area contributed by atoms with E-state index in [9.17, 15) is 13.2 Å². The summed E-state index contributed by atoms with van der Waals surface area (Å²) in [5.41, 5.74) is 0.796. The van der Waals surface area contributed by atoms with Gasteiger partial charge in [-0.1, -0.05) is 6.07 Å². The van der Waals surface area contributed by atoms with E-state index in [1.165, 1.54) is 0 Å². The summed E-state index contributed by atoms with van der Waals surface area (Å²) >= 11 is 0. The van der Waals surface area contributed by atoms with Crippen molar-refractivity contribution in [3.05, 3.63) is 29.8 Å². The van der Waals surface area contributed by atoms with E-state index >= 15 is 0 Å². The van der Waals surface area contributed by atoms with Crippen molar-refractivity contribution in [1.29, 1.82) is 0 Å². The molecular weight excluding hydrogens is 360 g/mol. The average Bonchev–Trinajstić information content (AvgIpc) is 2.60. The molecule has 9 heteroatoms. The largest absolute Gasteiger partial charge is 0.382 e. The Morgan fingerprint density at radius 1 is 1.35 bits per heavy atom. The second-order valence-corrected chi connectivity index (χ2v) is 7.88. The molecule has 1 fully saturated rings. The van der Waals surface area contributed by atoms with Crippen LogP contribution in [0.5, 0.6) is 0 Å². The molecule has 26 heavy (non-hydrogen) atoms. The second-order valence-electron chi connectivity index (χ2n) is 6.04. The third kappa shape index (κ3) is 6.56. The topological polar surface area (TPSA) is 94.2 Å². The number of hydrogen-bond acceptors (Lipinski definition) is 6. The zero-order chi connectivity index (χ0) is 19.0. The van der Waals surface area contributed by atoms with Gasteiger partial charge in [-0.2, -0.15) is 0 Å². The Morgan fingerprint density at radius 3 is 2.88 bits per heavy atom. The highest BCUT2D eigenvalue weighted by atomic mass is 32.2. The first-order valence-electron chi connectivity index (χ1n) is 8.49. The number of nitrogens with one attached hydrogen (secondary N) is 1. The van der Waals surface area contributed by atoms with Crippen LogP contribution in [0.15, 0.2) is 24.3 Å². The second kappa shape index (κ2) is 9.86. The van der Waals surface area contributed by atoms with E-state index in [4.69, 9.17) is 14.2 Å². The molecule has 1 aromatic carbocycles. The molecule has 0 radical (unpaired) electrons. The Labute approximate surface area is 154 Å². The number of ether oxygens (including phenoxy) is 3. The van der Waals surface area contributed by atoms with Crippen molar-refractivity contribution in [2.24, 2.45) is 0 Å². The Balaban J connectivity index is 1.94. The summed E-state index contributed by atoms with van der Waals surface area (Å²) in [5.74, 6) is -0.306. The molecule has 0 bridgehead atoms. The van der Waals surface area contributed by atoms with Crippen LogP contribution in [0.2, 0.25) is 0 Å². The van der Waals surface area contributed by atoms with E-state index in [1.54, 1.807) is 36.3 Å². The Morgan fingerprint density at radius 2 is 2.15 bits per heavy atom. The van der Waals surface area contributed by atoms with Gasteiger partial charge in [0.05, 0.1) is 38.3 Å². The summed E-state index contributed by atoms with van der Waals surface area (Å²) in [6.07, 6.45) is -0.00695. The number of sulfonamides is 1. The molecule has 1 N–H and O–H groups in total. The maximum absolute atomic E-state index is 12.6. The van der Waals surface area contributed by atoms with Crippen LogP contribution in [-0.2, 0) is 24.2 Å². The summed E-state index contributed by atoms with van der Waals surface area (Å²) in [5, 5.41) is 0. The number of nitrogens with zero attached hydrogens (tertiary/aromatic N) is 1. The van der Waals surface area contributed by atoms with E-state index in [-0.39, 0.29) is 24.4 Å². The number of benzene rings is 1. The van der Waals surface area contributed by atoms with Crippen LogP contribution in [-0.4, -0.2) is 77.7 Å². The quantitative estimate of drug-likeness (QED) is 0.635. The SMILES string of the molecule is COCCOCCS(=O)(=O)Nc1cccc(C(=O)N2CCOC(C)C2)c1. The molecule has 0 aliphatic carbocycles. The molecule has 1 amide bonds.